The third-order valence-corrected chi connectivity index (χ3v) is 5.27. The van der Waals surface area contributed by atoms with E-state index >= 15 is 0 Å². The molecule has 0 saturated carbocycles. The molecule has 1 heterocycles. The highest BCUT2D eigenvalue weighted by Gasteiger charge is 2.47. The van der Waals surface area contributed by atoms with E-state index in [1.165, 1.54) is 6.07 Å². The number of fused-ring (bicyclic) bond motifs is 3. The predicted octanol–water partition coefficient (Wildman–Crippen LogP) is 5.62. The van der Waals surface area contributed by atoms with Gasteiger partial charge in [0.05, 0.1) is 11.0 Å². The van der Waals surface area contributed by atoms with Crippen LogP contribution in [0.25, 0.3) is 20.2 Å². The highest BCUT2D eigenvalue weighted by atomic mass is 32.2. The molecule has 1 atom stereocenters. The Hall–Kier alpha value is -2.15. The van der Waals surface area contributed by atoms with Crippen molar-refractivity contribution in [3.05, 3.63) is 46.9 Å². The number of hydrogen-bond donors (Lipinski definition) is 1. The van der Waals surface area contributed by atoms with Crippen LogP contribution in [0.5, 0.6) is 0 Å². The first-order valence-electron chi connectivity index (χ1n) is 6.06. The Balaban J connectivity index is 2.47. The molecule has 1 aromatic heterocycles. The van der Waals surface area contributed by atoms with Crippen molar-refractivity contribution in [3.8, 4) is 0 Å². The van der Waals surface area contributed by atoms with E-state index in [2.05, 4.69) is 10.7 Å². The lowest BCUT2D eigenvalue weighted by Gasteiger charge is -1.98. The van der Waals surface area contributed by atoms with Crippen molar-refractivity contribution in [2.24, 2.45) is 5.29 Å². The van der Waals surface area contributed by atoms with Crippen LogP contribution in [0.1, 0.15) is 5.56 Å². The Bertz CT molecular complexity index is 855. The molecule has 0 radical (unpaired) electrons. The monoisotopic (exact) mass is 311 g/mol. The molecular weight excluding hydrogens is 301 g/mol. The number of anilines is 1. The minimum atomic E-state index is -4.36. The molecule has 0 aliphatic heterocycles. The number of nitrogens with zero attached hydrogens (tertiary/aromatic N) is 1. The summed E-state index contributed by atoms with van der Waals surface area (Å²) in [5.41, 5.74) is -1.16. The van der Waals surface area contributed by atoms with Gasteiger partial charge in [0.1, 0.15) is 10.5 Å². The van der Waals surface area contributed by atoms with Gasteiger partial charge in [0, 0.05) is 22.9 Å². The summed E-state index contributed by atoms with van der Waals surface area (Å²) in [7, 11) is -2.00. The average Bonchev–Trinajstić information content (AvgIpc) is 2.71. The van der Waals surface area contributed by atoms with Crippen LogP contribution in [-0.2, 0) is 5.51 Å². The van der Waals surface area contributed by atoms with Crippen LogP contribution in [0.4, 0.5) is 18.9 Å². The van der Waals surface area contributed by atoms with Gasteiger partial charge in [-0.05, 0) is 30.7 Å². The summed E-state index contributed by atoms with van der Waals surface area (Å²) in [6.07, 6.45) is 0. The summed E-state index contributed by atoms with van der Waals surface area (Å²) in [6, 6.07) is 9.58. The Morgan fingerprint density at radius 1 is 1.05 bits per heavy atom. The van der Waals surface area contributed by atoms with E-state index in [-0.39, 0.29) is 15.1 Å². The number of alkyl halides is 3. The van der Waals surface area contributed by atoms with Gasteiger partial charge in [-0.25, -0.2) is 5.43 Å². The van der Waals surface area contributed by atoms with Gasteiger partial charge in [-0.2, -0.15) is 0 Å². The molecule has 7 heteroatoms. The molecule has 3 nitrogen and oxygen atoms in total. The fraction of sp³-hybridized carbons (Fsp3) is 0.143. The molecule has 3 aromatic rings. The quantitative estimate of drug-likeness (QED) is 0.379. The fourth-order valence-corrected chi connectivity index (χ4v) is 4.50. The number of nitroso groups, excluding NO2 is 1. The summed E-state index contributed by atoms with van der Waals surface area (Å²) < 4.78 is 40.9. The first-order chi connectivity index (χ1) is 9.91. The van der Waals surface area contributed by atoms with E-state index in [9.17, 15) is 18.1 Å². The van der Waals surface area contributed by atoms with Gasteiger partial charge in [-0.15, -0.1) is 18.1 Å². The second-order valence-corrected chi connectivity index (χ2v) is 6.62. The maximum atomic E-state index is 13.5. The van der Waals surface area contributed by atoms with E-state index in [0.717, 1.165) is 5.56 Å². The van der Waals surface area contributed by atoms with Crippen molar-refractivity contribution in [1.29, 1.82) is 0 Å². The van der Waals surface area contributed by atoms with Crippen molar-refractivity contribution in [1.82, 2.24) is 0 Å². The number of thiophene rings is 1. The molecular formula is C14H10F3N2OS+. The van der Waals surface area contributed by atoms with Gasteiger partial charge in [0.25, 0.3) is 0 Å². The lowest BCUT2D eigenvalue weighted by Crippen LogP contribution is -1.95. The molecule has 3 rings (SSSR count). The number of nitrogens with one attached hydrogen (secondary N) is 1. The lowest BCUT2D eigenvalue weighted by molar-refractivity contribution is -0.0862. The van der Waals surface area contributed by atoms with Crippen molar-refractivity contribution in [2.75, 3.05) is 5.43 Å². The third-order valence-electron chi connectivity index (χ3n) is 3.25. The highest BCUT2D eigenvalue weighted by molar-refractivity contribution is 7.43. The normalized spacial score (nSPS) is 12.9. The lowest BCUT2D eigenvalue weighted by atomic mass is 10.1. The molecule has 0 bridgehead atoms. The van der Waals surface area contributed by atoms with E-state index in [0.29, 0.717) is 10.8 Å². The number of rotatable bonds is 2. The molecule has 21 heavy (non-hydrogen) atoms. The molecule has 1 unspecified atom stereocenters. The van der Waals surface area contributed by atoms with Crippen LogP contribution in [0, 0.1) is 11.8 Å². The van der Waals surface area contributed by atoms with Gasteiger partial charge < -0.3 is 0 Å². The molecule has 0 spiro atoms. The van der Waals surface area contributed by atoms with Gasteiger partial charge in [-0.3, -0.25) is 0 Å². The first kappa shape index (κ1) is 13.8. The Morgan fingerprint density at radius 2 is 1.67 bits per heavy atom. The summed E-state index contributed by atoms with van der Waals surface area (Å²) in [5, 5.41) is 3.66. The molecule has 0 fully saturated rings. The number of benzene rings is 2. The zero-order valence-electron chi connectivity index (χ0n) is 10.9. The molecule has 0 aliphatic rings. The smallest absolute Gasteiger partial charge is 0.242 e. The minimum absolute atomic E-state index is 0.178. The first-order valence-corrected chi connectivity index (χ1v) is 7.29. The Morgan fingerprint density at radius 3 is 2.29 bits per heavy atom. The summed E-state index contributed by atoms with van der Waals surface area (Å²) in [4.78, 5) is 10.2. The predicted molar refractivity (Wildman–Crippen MR) is 79.4 cm³/mol. The van der Waals surface area contributed by atoms with E-state index in [1.54, 1.807) is 37.3 Å². The van der Waals surface area contributed by atoms with E-state index in [4.69, 9.17) is 0 Å². The summed E-state index contributed by atoms with van der Waals surface area (Å²) in [6.45, 7) is 1.77. The minimum Gasteiger partial charge on any atom is -0.242 e. The standard InChI is InChI=1S/C14H9F3N2OS/c1-8-2-4-10-11-5-3-9(18-19-20)7-13(11)21(12(10)6-8)14(15,16)17/h2-7H,1H3/p+1. The Kier molecular flexibility index (Phi) is 3.09. The number of aryl methyl sites for hydroxylation is 1. The maximum absolute atomic E-state index is 13.5. The molecule has 0 saturated heterocycles. The molecule has 2 aromatic carbocycles. The second-order valence-electron chi connectivity index (χ2n) is 4.67. The van der Waals surface area contributed by atoms with Gasteiger partial charge in [0.2, 0.25) is 0 Å². The molecule has 0 aliphatic carbocycles. The van der Waals surface area contributed by atoms with Crippen LogP contribution in [-0.4, -0.2) is 0 Å². The van der Waals surface area contributed by atoms with Crippen LogP contribution < -0.4 is 5.43 Å². The molecule has 108 valence electrons. The topological polar surface area (TPSA) is 41.5 Å². The van der Waals surface area contributed by atoms with Gasteiger partial charge in [0.15, 0.2) is 9.40 Å². The second kappa shape index (κ2) is 4.70. The molecule has 0 amide bonds. The van der Waals surface area contributed by atoms with Crippen molar-refractivity contribution in [2.45, 2.75) is 12.4 Å². The SMILES string of the molecule is Cc1ccc2c3ccc(NN=O)cc3[s+](C(F)(F)F)c2c1. The Labute approximate surface area is 120 Å². The number of halogens is 3. The van der Waals surface area contributed by atoms with E-state index < -0.39 is 16.0 Å². The van der Waals surface area contributed by atoms with Crippen LogP contribution in [0.2, 0.25) is 0 Å². The van der Waals surface area contributed by atoms with Crippen molar-refractivity contribution < 1.29 is 13.2 Å². The highest BCUT2D eigenvalue weighted by Crippen LogP contribution is 2.54. The average molecular weight is 311 g/mol. The number of hydrogen-bond acceptors (Lipinski definition) is 2. The van der Waals surface area contributed by atoms with E-state index in [1.807, 2.05) is 0 Å². The fourth-order valence-electron chi connectivity index (χ4n) is 2.42. The summed E-state index contributed by atoms with van der Waals surface area (Å²) in [5.74, 6) is 0. The van der Waals surface area contributed by atoms with Crippen LogP contribution in [0.15, 0.2) is 41.7 Å². The van der Waals surface area contributed by atoms with Crippen molar-refractivity contribution >= 4 is 36.3 Å². The zero-order valence-corrected chi connectivity index (χ0v) is 11.7. The molecule has 1 N–H and O–H groups in total. The van der Waals surface area contributed by atoms with Crippen LogP contribution >= 0.6 is 10.5 Å². The van der Waals surface area contributed by atoms with Gasteiger partial charge in [-0.1, -0.05) is 6.07 Å². The van der Waals surface area contributed by atoms with Crippen LogP contribution in [0.3, 0.4) is 0 Å². The maximum Gasteiger partial charge on any atom is 0.601 e. The third kappa shape index (κ3) is 2.23. The zero-order chi connectivity index (χ0) is 15.2. The van der Waals surface area contributed by atoms with Gasteiger partial charge >= 0.3 is 5.51 Å². The summed E-state index contributed by atoms with van der Waals surface area (Å²) >= 11 is 0. The largest absolute Gasteiger partial charge is 0.601 e. The van der Waals surface area contributed by atoms with Crippen molar-refractivity contribution in [3.63, 3.8) is 0 Å².